The van der Waals surface area contributed by atoms with Crippen LogP contribution in [-0.4, -0.2) is 33.9 Å². The minimum atomic E-state index is -0.939. The van der Waals surface area contributed by atoms with Crippen LogP contribution in [0.25, 0.3) is 10.9 Å². The summed E-state index contributed by atoms with van der Waals surface area (Å²) in [4.78, 5) is 18.9. The van der Waals surface area contributed by atoms with Crippen molar-refractivity contribution in [3.63, 3.8) is 0 Å². The molecule has 0 aliphatic rings. The molecule has 7 heteroatoms. The van der Waals surface area contributed by atoms with Gasteiger partial charge in [0.2, 0.25) is 0 Å². The molecule has 4 N–H and O–H groups in total. The number of halogens is 1. The molecule has 0 radical (unpaired) electrons. The van der Waals surface area contributed by atoms with E-state index in [0.717, 1.165) is 5.56 Å². The van der Waals surface area contributed by atoms with Crippen LogP contribution in [-0.2, 0) is 17.8 Å². The number of rotatable bonds is 7. The van der Waals surface area contributed by atoms with Gasteiger partial charge in [0.05, 0.1) is 28.9 Å². The van der Waals surface area contributed by atoms with Gasteiger partial charge in [0.1, 0.15) is 5.82 Å². The first-order chi connectivity index (χ1) is 15.4. The Bertz CT molecular complexity index is 1330. The fourth-order valence-electron chi connectivity index (χ4n) is 3.73. The lowest BCUT2D eigenvalue weighted by atomic mass is 9.98. The molecule has 0 atom stereocenters. The average molecular weight is 431 g/mol. The number of aromatic amines is 1. The van der Waals surface area contributed by atoms with E-state index < -0.39 is 11.8 Å². The Morgan fingerprint density at radius 3 is 2.62 bits per heavy atom. The zero-order valence-electron chi connectivity index (χ0n) is 17.4. The van der Waals surface area contributed by atoms with E-state index >= 15 is 0 Å². The van der Waals surface area contributed by atoms with Crippen molar-refractivity contribution in [1.29, 1.82) is 0 Å². The van der Waals surface area contributed by atoms with Gasteiger partial charge in [-0.25, -0.2) is 9.38 Å². The van der Waals surface area contributed by atoms with Crippen LogP contribution in [0.3, 0.4) is 0 Å². The summed E-state index contributed by atoms with van der Waals surface area (Å²) in [5.74, 6) is -1.50. The van der Waals surface area contributed by atoms with Crippen LogP contribution in [0.1, 0.15) is 22.3 Å². The summed E-state index contributed by atoms with van der Waals surface area (Å²) in [7, 11) is 1.86. The first kappa shape index (κ1) is 21.3. The molecule has 162 valence electrons. The summed E-state index contributed by atoms with van der Waals surface area (Å²) in [6.45, 7) is 0.671. The third-order valence-electron chi connectivity index (χ3n) is 5.07. The minimum absolute atomic E-state index is 0.135. The van der Waals surface area contributed by atoms with E-state index in [-0.39, 0.29) is 12.3 Å². The quantitative estimate of drug-likeness (QED) is 0.323. The molecular weight excluding hydrogens is 409 g/mol. The Labute approximate surface area is 184 Å². The normalized spacial score (nSPS) is 11.8. The Hall–Kier alpha value is -3.97. The molecule has 1 aromatic heterocycles. The van der Waals surface area contributed by atoms with E-state index in [1.165, 1.54) is 12.1 Å². The van der Waals surface area contributed by atoms with Crippen molar-refractivity contribution in [1.82, 2.24) is 10.3 Å². The lowest BCUT2D eigenvalue weighted by Gasteiger charge is -2.10. The maximum absolute atomic E-state index is 13.7. The van der Waals surface area contributed by atoms with Crippen LogP contribution in [0.4, 0.5) is 10.1 Å². The Morgan fingerprint density at radius 1 is 1.06 bits per heavy atom. The highest BCUT2D eigenvalue weighted by molar-refractivity contribution is 6.22. The minimum Gasteiger partial charge on any atom is -0.494 e. The van der Waals surface area contributed by atoms with Crippen molar-refractivity contribution < 1.29 is 19.4 Å². The number of fused-ring (bicyclic) bond motifs is 1. The van der Waals surface area contributed by atoms with E-state index in [4.69, 9.17) is 4.99 Å². The zero-order chi connectivity index (χ0) is 22.7. The Kier molecular flexibility index (Phi) is 6.00. The number of hydrogen-bond donors (Lipinski definition) is 4. The van der Waals surface area contributed by atoms with Crippen LogP contribution < -0.4 is 5.32 Å². The molecule has 0 saturated carbocycles. The number of aliphatic carboxylic acids is 1. The van der Waals surface area contributed by atoms with E-state index in [2.05, 4.69) is 10.3 Å². The number of benzene rings is 3. The second kappa shape index (κ2) is 9.03. The third kappa shape index (κ3) is 4.53. The van der Waals surface area contributed by atoms with Gasteiger partial charge in [-0.15, -0.1) is 0 Å². The number of nitrogens with zero attached hydrogens (tertiary/aromatic N) is 1. The topological polar surface area (TPSA) is 97.7 Å². The van der Waals surface area contributed by atoms with Gasteiger partial charge in [0.15, 0.2) is 5.88 Å². The van der Waals surface area contributed by atoms with Gasteiger partial charge in [-0.3, -0.25) is 4.79 Å². The predicted octanol–water partition coefficient (Wildman–Crippen LogP) is 4.53. The highest BCUT2D eigenvalue weighted by Crippen LogP contribution is 2.32. The van der Waals surface area contributed by atoms with Gasteiger partial charge < -0.3 is 20.5 Å². The number of aliphatic imine (C=N–C) groups is 1. The molecule has 32 heavy (non-hydrogen) atoms. The van der Waals surface area contributed by atoms with Crippen molar-refractivity contribution >= 4 is 28.3 Å². The van der Waals surface area contributed by atoms with Crippen LogP contribution >= 0.6 is 0 Å². The van der Waals surface area contributed by atoms with Gasteiger partial charge in [-0.1, -0.05) is 30.3 Å². The van der Waals surface area contributed by atoms with Gasteiger partial charge in [-0.2, -0.15) is 0 Å². The number of carbonyl (C=O) groups is 1. The van der Waals surface area contributed by atoms with Gasteiger partial charge in [-0.05, 0) is 54.6 Å². The fourth-order valence-corrected chi connectivity index (χ4v) is 3.73. The molecule has 0 saturated heterocycles. The van der Waals surface area contributed by atoms with Gasteiger partial charge in [0, 0.05) is 17.5 Å². The second-order valence-electron chi connectivity index (χ2n) is 7.47. The van der Waals surface area contributed by atoms with Crippen molar-refractivity contribution in [2.24, 2.45) is 4.99 Å². The lowest BCUT2D eigenvalue weighted by Crippen LogP contribution is -2.06. The van der Waals surface area contributed by atoms with E-state index in [9.17, 15) is 19.4 Å². The van der Waals surface area contributed by atoms with Crippen LogP contribution in [0.5, 0.6) is 5.88 Å². The summed E-state index contributed by atoms with van der Waals surface area (Å²) in [5, 5.41) is 23.6. The smallest absolute Gasteiger partial charge is 0.307 e. The number of carboxylic acids is 1. The van der Waals surface area contributed by atoms with E-state index in [1.807, 2.05) is 37.4 Å². The van der Waals surface area contributed by atoms with Gasteiger partial charge >= 0.3 is 5.97 Å². The number of hydrogen-bond acceptors (Lipinski definition) is 4. The predicted molar refractivity (Wildman–Crippen MR) is 122 cm³/mol. The van der Waals surface area contributed by atoms with Crippen LogP contribution in [0.15, 0.2) is 71.7 Å². The molecule has 4 rings (SSSR count). The van der Waals surface area contributed by atoms with Crippen molar-refractivity contribution in [3.8, 4) is 5.88 Å². The molecule has 0 spiro atoms. The van der Waals surface area contributed by atoms with Crippen molar-refractivity contribution in [2.45, 2.75) is 13.0 Å². The molecular formula is C25H22FN3O3. The number of nitrogens with one attached hydrogen (secondary N) is 2. The molecule has 3 aromatic carbocycles. The summed E-state index contributed by atoms with van der Waals surface area (Å²) in [5.41, 5.74) is 4.28. The van der Waals surface area contributed by atoms with E-state index in [1.54, 1.807) is 24.3 Å². The first-order valence-electron chi connectivity index (χ1n) is 10.1. The fraction of sp³-hybridized carbons (Fsp3) is 0.120. The Morgan fingerprint density at radius 2 is 1.84 bits per heavy atom. The third-order valence-corrected chi connectivity index (χ3v) is 5.07. The Balaban J connectivity index is 1.93. The molecule has 0 unspecified atom stereocenters. The maximum atomic E-state index is 13.7. The maximum Gasteiger partial charge on any atom is 0.307 e. The number of aromatic hydroxyl groups is 1. The largest absolute Gasteiger partial charge is 0.494 e. The molecule has 4 aromatic rings. The van der Waals surface area contributed by atoms with Gasteiger partial charge in [0.25, 0.3) is 0 Å². The molecule has 0 amide bonds. The molecule has 1 heterocycles. The number of H-pyrrole nitrogens is 1. The molecule has 0 aliphatic carbocycles. The average Bonchev–Trinajstić information content (AvgIpc) is 3.07. The highest BCUT2D eigenvalue weighted by atomic mass is 19.1. The van der Waals surface area contributed by atoms with E-state index in [0.29, 0.717) is 45.5 Å². The second-order valence-corrected chi connectivity index (χ2v) is 7.47. The van der Waals surface area contributed by atoms with Crippen LogP contribution in [0.2, 0.25) is 0 Å². The molecule has 0 aliphatic heterocycles. The summed E-state index contributed by atoms with van der Waals surface area (Å²) >= 11 is 0. The summed E-state index contributed by atoms with van der Waals surface area (Å²) < 4.78 is 13.7. The SMILES string of the molecule is CNCc1cccc(N=C(c2cccc(CC(=O)O)c2)c2c(O)[nH]c3cc(F)ccc23)c1. The van der Waals surface area contributed by atoms with Crippen molar-refractivity contribution in [2.75, 3.05) is 7.05 Å². The lowest BCUT2D eigenvalue weighted by molar-refractivity contribution is -0.136. The first-order valence-corrected chi connectivity index (χ1v) is 10.1. The molecule has 6 nitrogen and oxygen atoms in total. The van der Waals surface area contributed by atoms with Crippen molar-refractivity contribution in [3.05, 3.63) is 94.8 Å². The number of aromatic nitrogens is 1. The summed E-state index contributed by atoms with van der Waals surface area (Å²) in [6, 6.07) is 18.9. The molecule has 0 bridgehead atoms. The number of carboxylic acid groups (broad SMARTS) is 1. The standard InChI is InChI=1S/C25H22FN3O3/c1-27-14-16-5-3-7-19(11-16)28-24(17-6-2-4-15(10-17)12-22(30)31)23-20-9-8-18(26)13-21(20)29-25(23)32/h2-11,13,27,29,32H,12,14H2,1H3,(H,30,31). The zero-order valence-corrected chi connectivity index (χ0v) is 17.4. The molecule has 0 fully saturated rings. The summed E-state index contributed by atoms with van der Waals surface area (Å²) in [6.07, 6.45) is -0.135. The highest BCUT2D eigenvalue weighted by Gasteiger charge is 2.19. The van der Waals surface area contributed by atoms with Crippen LogP contribution in [0, 0.1) is 5.82 Å². The monoisotopic (exact) mass is 431 g/mol.